The van der Waals surface area contributed by atoms with Gasteiger partial charge >= 0.3 is 0 Å². The van der Waals surface area contributed by atoms with Crippen molar-refractivity contribution in [2.45, 2.75) is 32.6 Å². The first-order valence-corrected chi connectivity index (χ1v) is 4.82. The van der Waals surface area contributed by atoms with E-state index in [1.807, 2.05) is 12.1 Å². The molecule has 1 aliphatic rings. The maximum absolute atomic E-state index is 11.5. The van der Waals surface area contributed by atoms with Crippen LogP contribution in [-0.4, -0.2) is 5.78 Å². The van der Waals surface area contributed by atoms with E-state index in [0.717, 1.165) is 18.4 Å². The highest BCUT2D eigenvalue weighted by Gasteiger charge is 2.21. The number of rotatable bonds is 0. The molecule has 0 aromatic heterocycles. The number of carbonyl (C=O) groups excluding carboxylic acids is 1. The molecule has 0 aliphatic heterocycles. The van der Waals surface area contributed by atoms with Crippen LogP contribution in [0.1, 0.15) is 47.2 Å². The Morgan fingerprint density at radius 3 is 2.92 bits per heavy atom. The van der Waals surface area contributed by atoms with Crippen LogP contribution < -0.4 is 0 Å². The molecule has 1 aliphatic carbocycles. The quantitative estimate of drug-likeness (QED) is 0.590. The van der Waals surface area contributed by atoms with E-state index in [2.05, 4.69) is 19.9 Å². The second-order valence-corrected chi connectivity index (χ2v) is 3.95. The molecule has 13 heavy (non-hydrogen) atoms. The molecule has 1 heteroatoms. The third kappa shape index (κ3) is 1.39. The molecule has 1 atom stereocenters. The molecule has 0 radical (unpaired) electrons. The van der Waals surface area contributed by atoms with Gasteiger partial charge in [-0.25, -0.2) is 0 Å². The summed E-state index contributed by atoms with van der Waals surface area (Å²) in [7, 11) is 0. The molecule has 68 valence electrons. The lowest BCUT2D eigenvalue weighted by molar-refractivity contribution is 0.0968. The first-order chi connectivity index (χ1) is 6.18. The van der Waals surface area contributed by atoms with Crippen molar-refractivity contribution in [2.24, 2.45) is 0 Å². The zero-order valence-corrected chi connectivity index (χ0v) is 8.13. The van der Waals surface area contributed by atoms with Gasteiger partial charge in [0.2, 0.25) is 0 Å². The normalized spacial score (nSPS) is 21.4. The van der Waals surface area contributed by atoms with Crippen LogP contribution in [0.2, 0.25) is 0 Å². The van der Waals surface area contributed by atoms with Crippen LogP contribution in [0, 0.1) is 6.92 Å². The molecule has 1 unspecified atom stereocenters. The second-order valence-electron chi connectivity index (χ2n) is 3.95. The Bertz CT molecular complexity index is 352. The molecule has 1 aromatic carbocycles. The average molecular weight is 174 g/mol. The molecule has 0 amide bonds. The Balaban J connectivity index is 2.57. The van der Waals surface area contributed by atoms with Gasteiger partial charge < -0.3 is 0 Å². The maximum atomic E-state index is 11.5. The van der Waals surface area contributed by atoms with Crippen molar-refractivity contribution >= 4 is 5.78 Å². The third-order valence-corrected chi connectivity index (χ3v) is 2.84. The Morgan fingerprint density at radius 2 is 2.15 bits per heavy atom. The van der Waals surface area contributed by atoms with Crippen molar-refractivity contribution in [3.63, 3.8) is 0 Å². The van der Waals surface area contributed by atoms with Gasteiger partial charge in [0.05, 0.1) is 0 Å². The van der Waals surface area contributed by atoms with Crippen LogP contribution in [0.15, 0.2) is 18.2 Å². The largest absolute Gasteiger partial charge is 0.294 e. The number of hydrogen-bond donors (Lipinski definition) is 0. The van der Waals surface area contributed by atoms with Crippen LogP contribution in [0.3, 0.4) is 0 Å². The van der Waals surface area contributed by atoms with Crippen LogP contribution in [-0.2, 0) is 0 Å². The minimum Gasteiger partial charge on any atom is -0.294 e. The van der Waals surface area contributed by atoms with Crippen molar-refractivity contribution in [2.75, 3.05) is 0 Å². The van der Waals surface area contributed by atoms with Gasteiger partial charge in [0, 0.05) is 12.0 Å². The van der Waals surface area contributed by atoms with Crippen LogP contribution in [0.5, 0.6) is 0 Å². The molecule has 0 heterocycles. The van der Waals surface area contributed by atoms with Gasteiger partial charge in [0.15, 0.2) is 5.78 Å². The summed E-state index contributed by atoms with van der Waals surface area (Å²) in [6, 6.07) is 6.15. The molecule has 0 fully saturated rings. The standard InChI is InChI=1S/C12H14O/c1-8-3-5-10-11(7-8)9(2)4-6-12(10)13/h3,5,7,9H,4,6H2,1-2H3. The lowest BCUT2D eigenvalue weighted by Crippen LogP contribution is -2.13. The topological polar surface area (TPSA) is 17.1 Å². The van der Waals surface area contributed by atoms with Crippen LogP contribution in [0.4, 0.5) is 0 Å². The third-order valence-electron chi connectivity index (χ3n) is 2.84. The van der Waals surface area contributed by atoms with Gasteiger partial charge in [-0.15, -0.1) is 0 Å². The van der Waals surface area contributed by atoms with Gasteiger partial charge in [0.1, 0.15) is 0 Å². The molecule has 0 saturated heterocycles. The highest BCUT2D eigenvalue weighted by Crippen LogP contribution is 2.31. The van der Waals surface area contributed by atoms with E-state index < -0.39 is 0 Å². The average Bonchev–Trinajstić information content (AvgIpc) is 2.12. The number of hydrogen-bond acceptors (Lipinski definition) is 1. The fourth-order valence-electron chi connectivity index (χ4n) is 1.98. The van der Waals surface area contributed by atoms with E-state index >= 15 is 0 Å². The molecule has 1 nitrogen and oxygen atoms in total. The zero-order valence-electron chi connectivity index (χ0n) is 8.13. The Labute approximate surface area is 78.8 Å². The van der Waals surface area contributed by atoms with Crippen LogP contribution >= 0.6 is 0 Å². The van der Waals surface area contributed by atoms with Crippen molar-refractivity contribution < 1.29 is 4.79 Å². The van der Waals surface area contributed by atoms with Gasteiger partial charge in [-0.3, -0.25) is 4.79 Å². The second kappa shape index (κ2) is 2.99. The molecule has 0 N–H and O–H groups in total. The summed E-state index contributed by atoms with van der Waals surface area (Å²) in [6.45, 7) is 4.27. The molecular formula is C12H14O. The highest BCUT2D eigenvalue weighted by atomic mass is 16.1. The maximum Gasteiger partial charge on any atom is 0.163 e. The minimum atomic E-state index is 0.313. The number of carbonyl (C=O) groups is 1. The Kier molecular flexibility index (Phi) is 1.95. The predicted octanol–water partition coefficient (Wildman–Crippen LogP) is 3.08. The lowest BCUT2D eigenvalue weighted by Gasteiger charge is -2.21. The van der Waals surface area contributed by atoms with Crippen molar-refractivity contribution in [3.05, 3.63) is 34.9 Å². The zero-order chi connectivity index (χ0) is 9.42. The number of Topliss-reactive ketones (excluding diaryl/α,β-unsaturated/α-hetero) is 1. The first kappa shape index (κ1) is 8.49. The van der Waals surface area contributed by atoms with Gasteiger partial charge in [-0.1, -0.05) is 30.7 Å². The molecule has 0 saturated carbocycles. The molecule has 1 aromatic rings. The van der Waals surface area contributed by atoms with E-state index in [4.69, 9.17) is 0 Å². The fraction of sp³-hybridized carbons (Fsp3) is 0.417. The number of fused-ring (bicyclic) bond motifs is 1. The summed E-state index contributed by atoms with van der Waals surface area (Å²) in [5.74, 6) is 0.862. The smallest absolute Gasteiger partial charge is 0.163 e. The van der Waals surface area contributed by atoms with Crippen LogP contribution in [0.25, 0.3) is 0 Å². The summed E-state index contributed by atoms with van der Waals surface area (Å²) in [6.07, 6.45) is 1.73. The monoisotopic (exact) mass is 174 g/mol. The number of benzene rings is 1. The van der Waals surface area contributed by atoms with E-state index in [1.54, 1.807) is 0 Å². The summed E-state index contributed by atoms with van der Waals surface area (Å²) in [4.78, 5) is 11.5. The SMILES string of the molecule is Cc1ccc2c(c1)C(C)CCC2=O. The number of ketones is 1. The highest BCUT2D eigenvalue weighted by molar-refractivity contribution is 5.98. The Hall–Kier alpha value is -1.11. The lowest BCUT2D eigenvalue weighted by atomic mass is 9.82. The Morgan fingerprint density at radius 1 is 1.38 bits per heavy atom. The molecule has 2 rings (SSSR count). The molecular weight excluding hydrogens is 160 g/mol. The molecule has 0 spiro atoms. The van der Waals surface area contributed by atoms with Crippen molar-refractivity contribution in [1.82, 2.24) is 0 Å². The van der Waals surface area contributed by atoms with E-state index in [0.29, 0.717) is 11.7 Å². The predicted molar refractivity (Wildman–Crippen MR) is 53.2 cm³/mol. The number of aryl methyl sites for hydroxylation is 1. The van der Waals surface area contributed by atoms with Gasteiger partial charge in [-0.05, 0) is 24.8 Å². The van der Waals surface area contributed by atoms with Crippen molar-refractivity contribution in [3.8, 4) is 0 Å². The fourth-order valence-corrected chi connectivity index (χ4v) is 1.98. The van der Waals surface area contributed by atoms with E-state index in [-0.39, 0.29) is 0 Å². The molecule has 0 bridgehead atoms. The summed E-state index contributed by atoms with van der Waals surface area (Å²) >= 11 is 0. The van der Waals surface area contributed by atoms with Gasteiger partial charge in [0.25, 0.3) is 0 Å². The summed E-state index contributed by atoms with van der Waals surface area (Å²) < 4.78 is 0. The summed E-state index contributed by atoms with van der Waals surface area (Å²) in [5, 5.41) is 0. The van der Waals surface area contributed by atoms with E-state index in [9.17, 15) is 4.79 Å². The van der Waals surface area contributed by atoms with Crippen molar-refractivity contribution in [1.29, 1.82) is 0 Å². The summed E-state index contributed by atoms with van der Waals surface area (Å²) in [5.41, 5.74) is 3.45. The van der Waals surface area contributed by atoms with Gasteiger partial charge in [-0.2, -0.15) is 0 Å². The minimum absolute atomic E-state index is 0.313. The van der Waals surface area contributed by atoms with E-state index in [1.165, 1.54) is 11.1 Å². The first-order valence-electron chi connectivity index (χ1n) is 4.82.